The molecule has 20 heavy (non-hydrogen) atoms. The molecule has 1 aromatic carbocycles. The number of hydrogen-bond acceptors (Lipinski definition) is 2. The molecule has 3 rings (SSSR count). The van der Waals surface area contributed by atoms with E-state index in [1.165, 1.54) is 25.7 Å². The van der Waals surface area contributed by atoms with Crippen molar-refractivity contribution < 1.29 is 4.79 Å². The molecule has 1 unspecified atom stereocenters. The Hall–Kier alpha value is -1.51. The van der Waals surface area contributed by atoms with Crippen LogP contribution in [0.15, 0.2) is 24.3 Å². The molecule has 2 aliphatic rings. The SMILES string of the molecule is CC(C1CC1)N(C(=O)CCc1ccccc1N)C1CC1. The van der Waals surface area contributed by atoms with E-state index in [2.05, 4.69) is 11.8 Å². The molecule has 2 fully saturated rings. The predicted molar refractivity (Wildman–Crippen MR) is 81.2 cm³/mol. The molecule has 108 valence electrons. The van der Waals surface area contributed by atoms with Crippen LogP contribution in [0.25, 0.3) is 0 Å². The first-order valence-corrected chi connectivity index (χ1v) is 7.81. The van der Waals surface area contributed by atoms with E-state index in [4.69, 9.17) is 5.73 Å². The maximum atomic E-state index is 12.6. The summed E-state index contributed by atoms with van der Waals surface area (Å²) in [5.41, 5.74) is 7.84. The zero-order valence-corrected chi connectivity index (χ0v) is 12.2. The normalized spacial score (nSPS) is 19.6. The van der Waals surface area contributed by atoms with Gasteiger partial charge < -0.3 is 10.6 Å². The maximum Gasteiger partial charge on any atom is 0.223 e. The molecule has 0 aliphatic heterocycles. The molecule has 2 aliphatic carbocycles. The fourth-order valence-electron chi connectivity index (χ4n) is 3.05. The lowest BCUT2D eigenvalue weighted by molar-refractivity contribution is -0.134. The third-order valence-corrected chi connectivity index (χ3v) is 4.63. The van der Waals surface area contributed by atoms with Gasteiger partial charge in [0, 0.05) is 24.2 Å². The summed E-state index contributed by atoms with van der Waals surface area (Å²) in [6.45, 7) is 2.23. The Morgan fingerprint density at radius 1 is 1.30 bits per heavy atom. The van der Waals surface area contributed by atoms with Crippen LogP contribution in [0.4, 0.5) is 5.69 Å². The summed E-state index contributed by atoms with van der Waals surface area (Å²) in [7, 11) is 0. The minimum Gasteiger partial charge on any atom is -0.399 e. The lowest BCUT2D eigenvalue weighted by Gasteiger charge is -2.29. The van der Waals surface area contributed by atoms with E-state index in [-0.39, 0.29) is 0 Å². The third-order valence-electron chi connectivity index (χ3n) is 4.63. The van der Waals surface area contributed by atoms with Crippen LogP contribution in [0.1, 0.15) is 44.6 Å². The maximum absolute atomic E-state index is 12.6. The molecule has 1 amide bonds. The average molecular weight is 272 g/mol. The molecule has 0 spiro atoms. The molecule has 0 saturated heterocycles. The van der Waals surface area contributed by atoms with Gasteiger partial charge in [-0.3, -0.25) is 4.79 Å². The highest BCUT2D eigenvalue weighted by atomic mass is 16.2. The van der Waals surface area contributed by atoms with E-state index in [9.17, 15) is 4.79 Å². The standard InChI is InChI=1S/C17H24N2O/c1-12(13-6-7-13)19(15-9-10-15)17(20)11-8-14-4-2-3-5-16(14)18/h2-5,12-13,15H,6-11,18H2,1H3. The molecule has 2 N–H and O–H groups in total. The summed E-state index contributed by atoms with van der Waals surface area (Å²) in [6.07, 6.45) is 6.31. The number of para-hydroxylation sites is 1. The molecule has 0 heterocycles. The number of benzene rings is 1. The average Bonchev–Trinajstić information content (AvgIpc) is 3.28. The van der Waals surface area contributed by atoms with E-state index in [1.807, 2.05) is 24.3 Å². The molecule has 3 nitrogen and oxygen atoms in total. The minimum absolute atomic E-state index is 0.315. The monoisotopic (exact) mass is 272 g/mol. The van der Waals surface area contributed by atoms with Gasteiger partial charge in [-0.15, -0.1) is 0 Å². The van der Waals surface area contributed by atoms with Gasteiger partial charge in [0.25, 0.3) is 0 Å². The lowest BCUT2D eigenvalue weighted by atomic mass is 10.1. The molecule has 0 radical (unpaired) electrons. The Morgan fingerprint density at radius 3 is 2.60 bits per heavy atom. The van der Waals surface area contributed by atoms with Crippen LogP contribution >= 0.6 is 0 Å². The molecule has 1 atom stereocenters. The summed E-state index contributed by atoms with van der Waals surface area (Å²) < 4.78 is 0. The van der Waals surface area contributed by atoms with Gasteiger partial charge >= 0.3 is 0 Å². The van der Waals surface area contributed by atoms with E-state index in [0.717, 1.165) is 23.6 Å². The summed E-state index contributed by atoms with van der Waals surface area (Å²) in [4.78, 5) is 14.7. The van der Waals surface area contributed by atoms with E-state index < -0.39 is 0 Å². The Balaban J connectivity index is 1.60. The molecule has 3 heteroatoms. The zero-order chi connectivity index (χ0) is 14.1. The Kier molecular flexibility index (Phi) is 3.68. The van der Waals surface area contributed by atoms with Crippen molar-refractivity contribution in [1.29, 1.82) is 0 Å². The third kappa shape index (κ3) is 2.97. The fraction of sp³-hybridized carbons (Fsp3) is 0.588. The number of anilines is 1. The van der Waals surface area contributed by atoms with Gasteiger partial charge in [-0.05, 0) is 56.6 Å². The van der Waals surface area contributed by atoms with Crippen molar-refractivity contribution in [2.75, 3.05) is 5.73 Å². The second-order valence-corrected chi connectivity index (χ2v) is 6.31. The van der Waals surface area contributed by atoms with E-state index in [0.29, 0.717) is 24.4 Å². The van der Waals surface area contributed by atoms with E-state index >= 15 is 0 Å². The van der Waals surface area contributed by atoms with Crippen molar-refractivity contribution in [3.05, 3.63) is 29.8 Å². The highest BCUT2D eigenvalue weighted by Crippen LogP contribution is 2.40. The number of nitrogen functional groups attached to an aromatic ring is 1. The summed E-state index contributed by atoms with van der Waals surface area (Å²) >= 11 is 0. The largest absolute Gasteiger partial charge is 0.399 e. The topological polar surface area (TPSA) is 46.3 Å². The zero-order valence-electron chi connectivity index (χ0n) is 12.2. The molecular weight excluding hydrogens is 248 g/mol. The van der Waals surface area contributed by atoms with E-state index in [1.54, 1.807) is 0 Å². The van der Waals surface area contributed by atoms with Gasteiger partial charge in [-0.1, -0.05) is 18.2 Å². The fourth-order valence-corrected chi connectivity index (χ4v) is 3.05. The van der Waals surface area contributed by atoms with Crippen LogP contribution < -0.4 is 5.73 Å². The number of carbonyl (C=O) groups excluding carboxylic acids is 1. The molecule has 1 aromatic rings. The van der Waals surface area contributed by atoms with Crippen LogP contribution in [0, 0.1) is 5.92 Å². The van der Waals surface area contributed by atoms with Crippen LogP contribution in [-0.2, 0) is 11.2 Å². The highest BCUT2D eigenvalue weighted by molar-refractivity contribution is 5.77. The predicted octanol–water partition coefficient (Wildman–Crippen LogP) is 2.99. The van der Waals surface area contributed by atoms with Crippen LogP contribution in [0.3, 0.4) is 0 Å². The minimum atomic E-state index is 0.315. The number of amides is 1. The van der Waals surface area contributed by atoms with Gasteiger partial charge in [0.2, 0.25) is 5.91 Å². The van der Waals surface area contributed by atoms with Crippen molar-refractivity contribution in [3.8, 4) is 0 Å². The second-order valence-electron chi connectivity index (χ2n) is 6.31. The molecule has 0 aromatic heterocycles. The van der Waals surface area contributed by atoms with Gasteiger partial charge in [-0.25, -0.2) is 0 Å². The summed E-state index contributed by atoms with van der Waals surface area (Å²) in [5, 5.41) is 0. The van der Waals surface area contributed by atoms with Gasteiger partial charge in [-0.2, -0.15) is 0 Å². The number of aryl methyl sites for hydroxylation is 1. The number of hydrogen-bond donors (Lipinski definition) is 1. The molecular formula is C17H24N2O. The van der Waals surface area contributed by atoms with Gasteiger partial charge in [0.1, 0.15) is 0 Å². The van der Waals surface area contributed by atoms with Crippen molar-refractivity contribution in [2.24, 2.45) is 5.92 Å². The van der Waals surface area contributed by atoms with Crippen molar-refractivity contribution in [3.63, 3.8) is 0 Å². The Bertz CT molecular complexity index is 492. The Morgan fingerprint density at radius 2 is 2.00 bits per heavy atom. The van der Waals surface area contributed by atoms with Crippen molar-refractivity contribution in [2.45, 2.75) is 57.5 Å². The van der Waals surface area contributed by atoms with Gasteiger partial charge in [0.05, 0.1) is 0 Å². The first kappa shape index (κ1) is 13.5. The second kappa shape index (κ2) is 5.47. The molecule has 0 bridgehead atoms. The first-order chi connectivity index (χ1) is 9.66. The van der Waals surface area contributed by atoms with Crippen LogP contribution in [0.2, 0.25) is 0 Å². The lowest BCUT2D eigenvalue weighted by Crippen LogP contribution is -2.41. The number of rotatable bonds is 6. The van der Waals surface area contributed by atoms with Crippen molar-refractivity contribution >= 4 is 11.6 Å². The van der Waals surface area contributed by atoms with Crippen LogP contribution in [-0.4, -0.2) is 22.9 Å². The quantitative estimate of drug-likeness (QED) is 0.809. The number of nitrogens with zero attached hydrogens (tertiary/aromatic N) is 1. The van der Waals surface area contributed by atoms with Gasteiger partial charge in [0.15, 0.2) is 0 Å². The summed E-state index contributed by atoms with van der Waals surface area (Å²) in [5.74, 6) is 1.07. The number of nitrogens with two attached hydrogens (primary N) is 1. The smallest absolute Gasteiger partial charge is 0.223 e. The first-order valence-electron chi connectivity index (χ1n) is 7.81. The van der Waals surface area contributed by atoms with Crippen molar-refractivity contribution in [1.82, 2.24) is 4.90 Å². The number of carbonyl (C=O) groups is 1. The highest BCUT2D eigenvalue weighted by Gasteiger charge is 2.41. The Labute approximate surface area is 121 Å². The molecule has 2 saturated carbocycles. The van der Waals surface area contributed by atoms with Crippen LogP contribution in [0.5, 0.6) is 0 Å². The summed E-state index contributed by atoms with van der Waals surface area (Å²) in [6, 6.07) is 8.81.